The molecule has 1 N–H and O–H groups in total. The number of nitrogens with zero attached hydrogens (tertiary/aromatic N) is 1. The van der Waals surface area contributed by atoms with Crippen LogP contribution in [-0.4, -0.2) is 37.0 Å². The molecule has 2 aromatic carbocycles. The summed E-state index contributed by atoms with van der Waals surface area (Å²) < 4.78 is 5.28. The number of amides is 1. The van der Waals surface area contributed by atoms with E-state index in [1.54, 1.807) is 7.11 Å². The Bertz CT molecular complexity index is 702. The first-order valence-electron chi connectivity index (χ1n) is 9.43. The lowest BCUT2D eigenvalue weighted by molar-refractivity contribution is -0.129. The van der Waals surface area contributed by atoms with Gasteiger partial charge in [0, 0.05) is 25.6 Å². The van der Waals surface area contributed by atoms with E-state index < -0.39 is 0 Å². The van der Waals surface area contributed by atoms with Crippen molar-refractivity contribution in [3.63, 3.8) is 0 Å². The first-order valence-corrected chi connectivity index (χ1v) is 9.43. The fourth-order valence-electron chi connectivity index (χ4n) is 3.58. The molecular formula is C22H28N2O2. The van der Waals surface area contributed by atoms with Gasteiger partial charge in [-0.25, -0.2) is 0 Å². The van der Waals surface area contributed by atoms with Gasteiger partial charge in [0.15, 0.2) is 0 Å². The zero-order valence-electron chi connectivity index (χ0n) is 15.5. The van der Waals surface area contributed by atoms with Gasteiger partial charge in [-0.2, -0.15) is 0 Å². The van der Waals surface area contributed by atoms with Crippen LogP contribution in [0.25, 0.3) is 0 Å². The van der Waals surface area contributed by atoms with Crippen molar-refractivity contribution in [2.24, 2.45) is 0 Å². The van der Waals surface area contributed by atoms with Crippen LogP contribution >= 0.6 is 0 Å². The Morgan fingerprint density at radius 3 is 2.73 bits per heavy atom. The van der Waals surface area contributed by atoms with Crippen LogP contribution in [0.3, 0.4) is 0 Å². The highest BCUT2D eigenvalue weighted by Crippen LogP contribution is 2.22. The van der Waals surface area contributed by atoms with Crippen LogP contribution < -0.4 is 10.1 Å². The molecule has 0 saturated carbocycles. The average molecular weight is 352 g/mol. The standard InChI is InChI=1S/C22H28N2O2/c1-26-21-9-5-8-18(16-21)13-15-24-20(10-11-22(24)25)12-14-23-17-19-6-3-2-4-7-19/h2-9,16,20,23H,10-15,17H2,1H3/t20-/m1/s1. The van der Waals surface area contributed by atoms with E-state index in [9.17, 15) is 4.79 Å². The molecule has 2 aromatic rings. The van der Waals surface area contributed by atoms with E-state index in [1.807, 2.05) is 18.2 Å². The molecule has 4 heteroatoms. The van der Waals surface area contributed by atoms with E-state index in [4.69, 9.17) is 4.74 Å². The second kappa shape index (κ2) is 9.39. The molecule has 0 aromatic heterocycles. The molecule has 1 amide bonds. The summed E-state index contributed by atoms with van der Waals surface area (Å²) in [6.45, 7) is 2.60. The van der Waals surface area contributed by atoms with E-state index in [-0.39, 0.29) is 0 Å². The SMILES string of the molecule is COc1cccc(CCN2C(=O)CC[C@@H]2CCNCc2ccccc2)c1. The highest BCUT2D eigenvalue weighted by molar-refractivity contribution is 5.78. The van der Waals surface area contributed by atoms with E-state index in [0.717, 1.165) is 44.6 Å². The third kappa shape index (κ3) is 5.09. The second-order valence-corrected chi connectivity index (χ2v) is 6.83. The van der Waals surface area contributed by atoms with E-state index in [2.05, 4.69) is 46.6 Å². The van der Waals surface area contributed by atoms with Crippen molar-refractivity contribution in [2.45, 2.75) is 38.3 Å². The molecule has 1 saturated heterocycles. The number of hydrogen-bond donors (Lipinski definition) is 1. The average Bonchev–Trinajstić information content (AvgIpc) is 3.04. The highest BCUT2D eigenvalue weighted by atomic mass is 16.5. The quantitative estimate of drug-likeness (QED) is 0.703. The predicted octanol–water partition coefficient (Wildman–Crippen LogP) is 3.41. The fourth-order valence-corrected chi connectivity index (χ4v) is 3.58. The number of carbonyl (C=O) groups excluding carboxylic acids is 1. The van der Waals surface area contributed by atoms with Crippen LogP contribution in [-0.2, 0) is 17.8 Å². The van der Waals surface area contributed by atoms with Gasteiger partial charge < -0.3 is 15.0 Å². The summed E-state index contributed by atoms with van der Waals surface area (Å²) in [5.74, 6) is 1.16. The van der Waals surface area contributed by atoms with Gasteiger partial charge in [-0.05, 0) is 49.1 Å². The van der Waals surface area contributed by atoms with Gasteiger partial charge in [0.25, 0.3) is 0 Å². The number of rotatable bonds is 9. The Morgan fingerprint density at radius 2 is 1.92 bits per heavy atom. The van der Waals surface area contributed by atoms with Crippen molar-refractivity contribution in [2.75, 3.05) is 20.2 Å². The van der Waals surface area contributed by atoms with Crippen molar-refractivity contribution >= 4 is 5.91 Å². The summed E-state index contributed by atoms with van der Waals surface area (Å²) in [6.07, 6.45) is 3.54. The van der Waals surface area contributed by atoms with Crippen LogP contribution in [0.4, 0.5) is 0 Å². The van der Waals surface area contributed by atoms with Crippen LogP contribution in [0.2, 0.25) is 0 Å². The lowest BCUT2D eigenvalue weighted by Gasteiger charge is -2.25. The molecule has 1 atom stereocenters. The molecule has 0 spiro atoms. The van der Waals surface area contributed by atoms with Gasteiger partial charge in [0.1, 0.15) is 5.75 Å². The van der Waals surface area contributed by atoms with Gasteiger partial charge in [-0.3, -0.25) is 4.79 Å². The predicted molar refractivity (Wildman–Crippen MR) is 104 cm³/mol. The summed E-state index contributed by atoms with van der Waals surface area (Å²) in [7, 11) is 1.68. The molecular weight excluding hydrogens is 324 g/mol. The number of methoxy groups -OCH3 is 1. The summed E-state index contributed by atoms with van der Waals surface area (Å²) >= 11 is 0. The molecule has 4 nitrogen and oxygen atoms in total. The molecule has 3 rings (SSSR count). The Kier molecular flexibility index (Phi) is 6.67. The van der Waals surface area contributed by atoms with Crippen molar-refractivity contribution in [1.82, 2.24) is 10.2 Å². The lowest BCUT2D eigenvalue weighted by atomic mass is 10.1. The number of nitrogens with one attached hydrogen (secondary N) is 1. The second-order valence-electron chi connectivity index (χ2n) is 6.83. The molecule has 0 aliphatic carbocycles. The van der Waals surface area contributed by atoms with Crippen molar-refractivity contribution in [3.8, 4) is 5.75 Å². The molecule has 1 heterocycles. The van der Waals surface area contributed by atoms with E-state index in [0.29, 0.717) is 18.4 Å². The Labute approximate surface area is 156 Å². The summed E-state index contributed by atoms with van der Waals surface area (Å²) in [4.78, 5) is 14.3. The van der Waals surface area contributed by atoms with Crippen molar-refractivity contribution in [1.29, 1.82) is 0 Å². The van der Waals surface area contributed by atoms with Gasteiger partial charge in [0.2, 0.25) is 5.91 Å². The van der Waals surface area contributed by atoms with Crippen molar-refractivity contribution in [3.05, 3.63) is 65.7 Å². The minimum atomic E-state index is 0.293. The highest BCUT2D eigenvalue weighted by Gasteiger charge is 2.29. The number of carbonyl (C=O) groups is 1. The Morgan fingerprint density at radius 1 is 1.12 bits per heavy atom. The van der Waals surface area contributed by atoms with Gasteiger partial charge in [-0.15, -0.1) is 0 Å². The molecule has 0 unspecified atom stereocenters. The van der Waals surface area contributed by atoms with Crippen LogP contribution in [0.15, 0.2) is 54.6 Å². The zero-order chi connectivity index (χ0) is 18.2. The minimum absolute atomic E-state index is 0.293. The topological polar surface area (TPSA) is 41.6 Å². The van der Waals surface area contributed by atoms with Crippen LogP contribution in [0.1, 0.15) is 30.4 Å². The zero-order valence-corrected chi connectivity index (χ0v) is 15.5. The van der Waals surface area contributed by atoms with Gasteiger partial charge in [-0.1, -0.05) is 42.5 Å². The summed E-state index contributed by atoms with van der Waals surface area (Å²) in [6, 6.07) is 18.9. The number of ether oxygens (including phenoxy) is 1. The maximum absolute atomic E-state index is 12.3. The smallest absolute Gasteiger partial charge is 0.222 e. The van der Waals surface area contributed by atoms with Gasteiger partial charge >= 0.3 is 0 Å². The first-order chi connectivity index (χ1) is 12.8. The summed E-state index contributed by atoms with van der Waals surface area (Å²) in [5.41, 5.74) is 2.51. The lowest BCUT2D eigenvalue weighted by Crippen LogP contribution is -2.36. The normalized spacial score (nSPS) is 16.9. The van der Waals surface area contributed by atoms with Crippen molar-refractivity contribution < 1.29 is 9.53 Å². The maximum Gasteiger partial charge on any atom is 0.222 e. The monoisotopic (exact) mass is 352 g/mol. The molecule has 1 aliphatic rings. The third-order valence-corrected chi connectivity index (χ3v) is 5.05. The molecule has 1 fully saturated rings. The first kappa shape index (κ1) is 18.5. The fraction of sp³-hybridized carbons (Fsp3) is 0.409. The molecule has 0 bridgehead atoms. The van der Waals surface area contributed by atoms with Gasteiger partial charge in [0.05, 0.1) is 7.11 Å². The molecule has 0 radical (unpaired) electrons. The van der Waals surface area contributed by atoms with E-state index in [1.165, 1.54) is 11.1 Å². The Hall–Kier alpha value is -2.33. The number of benzene rings is 2. The maximum atomic E-state index is 12.3. The third-order valence-electron chi connectivity index (χ3n) is 5.05. The Balaban J connectivity index is 1.45. The van der Waals surface area contributed by atoms with Crippen LogP contribution in [0.5, 0.6) is 5.75 Å². The molecule has 138 valence electrons. The summed E-state index contributed by atoms with van der Waals surface area (Å²) in [5, 5.41) is 3.50. The number of hydrogen-bond acceptors (Lipinski definition) is 3. The minimum Gasteiger partial charge on any atom is -0.497 e. The molecule has 26 heavy (non-hydrogen) atoms. The molecule has 1 aliphatic heterocycles. The number of likely N-dealkylation sites (tertiary alicyclic amines) is 1. The largest absolute Gasteiger partial charge is 0.497 e. The van der Waals surface area contributed by atoms with Crippen LogP contribution in [0, 0.1) is 0 Å². The van der Waals surface area contributed by atoms with E-state index >= 15 is 0 Å².